The number of rotatable bonds is 41. The fourth-order valence-corrected chi connectivity index (χ4v) is 8.96. The van der Waals surface area contributed by atoms with E-state index in [1.165, 1.54) is 236 Å². The smallest absolute Gasteiger partial charge is 0.296 e. The Morgan fingerprint density at radius 3 is 0.909 bits per heavy atom. The van der Waals surface area contributed by atoms with Gasteiger partial charge in [0.15, 0.2) is 0 Å². The highest BCUT2D eigenvalue weighted by molar-refractivity contribution is 7.86. The van der Waals surface area contributed by atoms with Crippen molar-refractivity contribution in [1.82, 2.24) is 0 Å². The Balaban J connectivity index is 0.00000115. The van der Waals surface area contributed by atoms with Crippen LogP contribution in [0.3, 0.4) is 0 Å². The van der Waals surface area contributed by atoms with E-state index in [-0.39, 0.29) is 11.5 Å². The average Bonchev–Trinajstić information content (AvgIpc) is 3.19. The zero-order valence-electron chi connectivity index (χ0n) is 38.0. The number of hydrogen-bond acceptors (Lipinski definition) is 3. The number of benzene rings is 1. The lowest BCUT2D eigenvalue weighted by Gasteiger charge is -2.40. The van der Waals surface area contributed by atoms with Crippen LogP contribution in [-0.2, 0) is 14.3 Å². The first-order valence-corrected chi connectivity index (χ1v) is 26.1. The number of quaternary nitrogens is 1. The van der Waals surface area contributed by atoms with Crippen LogP contribution in [0, 0.1) is 0 Å². The van der Waals surface area contributed by atoms with E-state index in [9.17, 15) is 8.42 Å². The summed E-state index contributed by atoms with van der Waals surface area (Å²) in [5.41, 5.74) is 0. The molecule has 0 aromatic heterocycles. The fourth-order valence-electron chi connectivity index (χ4n) is 7.99. The van der Waals surface area contributed by atoms with Crippen molar-refractivity contribution in [2.75, 3.05) is 32.8 Å². The summed E-state index contributed by atoms with van der Waals surface area (Å²) in [7, 11) is -3.57. The van der Waals surface area contributed by atoms with Crippen molar-refractivity contribution in [3.05, 3.63) is 30.3 Å². The van der Waals surface area contributed by atoms with Gasteiger partial charge in [0.25, 0.3) is 10.1 Å². The first-order valence-electron chi connectivity index (χ1n) is 24.7. The van der Waals surface area contributed by atoms with Gasteiger partial charge in [-0.15, -0.1) is 0 Å². The monoisotopic (exact) mass is 793 g/mol. The minimum absolute atomic E-state index is 0.238. The van der Waals surface area contributed by atoms with Crippen LogP contribution < -0.4 is 0 Å². The molecule has 0 N–H and O–H groups in total. The van der Waals surface area contributed by atoms with E-state index in [0.29, 0.717) is 0 Å². The minimum atomic E-state index is -3.57. The third-order valence-corrected chi connectivity index (χ3v) is 13.0. The van der Waals surface area contributed by atoms with Gasteiger partial charge in [0.05, 0.1) is 37.7 Å². The molecule has 0 fully saturated rings. The summed E-state index contributed by atoms with van der Waals surface area (Å²) in [5, 5.41) is 0. The zero-order valence-corrected chi connectivity index (χ0v) is 38.9. The van der Waals surface area contributed by atoms with Crippen LogP contribution in [0.4, 0.5) is 0 Å². The van der Waals surface area contributed by atoms with Gasteiger partial charge in [0.1, 0.15) is 0 Å². The van der Waals surface area contributed by atoms with Crippen molar-refractivity contribution in [3.8, 4) is 0 Å². The van der Waals surface area contributed by atoms with Gasteiger partial charge >= 0.3 is 0 Å². The van der Waals surface area contributed by atoms with Crippen molar-refractivity contribution in [3.63, 3.8) is 0 Å². The molecule has 1 rings (SSSR count). The second-order valence-corrected chi connectivity index (χ2v) is 18.7. The third-order valence-electron chi connectivity index (χ3n) is 11.7. The Kier molecular flexibility index (Phi) is 40.6. The molecule has 0 radical (unpaired) electrons. The molecule has 0 spiro atoms. The maximum atomic E-state index is 11.9. The van der Waals surface area contributed by atoms with Gasteiger partial charge in [-0.2, -0.15) is 8.42 Å². The first kappa shape index (κ1) is 54.1. The highest BCUT2D eigenvalue weighted by atomic mass is 32.2. The van der Waals surface area contributed by atoms with Crippen LogP contribution in [0.15, 0.2) is 35.2 Å². The van der Waals surface area contributed by atoms with E-state index >= 15 is 0 Å². The van der Waals surface area contributed by atoms with Gasteiger partial charge in [0.2, 0.25) is 0 Å². The van der Waals surface area contributed by atoms with Crippen molar-refractivity contribution in [1.29, 1.82) is 0 Å². The summed E-state index contributed by atoms with van der Waals surface area (Å²) in [6, 6.07) is 8.33. The molecule has 1 aromatic carbocycles. The standard InChI is InChI=1S/C32H68N.C18H30O3S/c1-5-9-13-17-21-25-29-33(30-26-22-18-14-10-6-2,31-27-23-19-15-11-7-3)32-28-24-20-16-12-8-4;1-2-3-4-5-6-7-8-9-10-14-17-21-22(19,20)18-15-12-11-13-16-18/h5-32H2,1-4H3;11-13,15-16H,2-10,14,17H2,1H3/q+1;. The molecular formula is C50H98NO3S+. The Labute approximate surface area is 346 Å². The normalized spacial score (nSPS) is 11.9. The molecule has 55 heavy (non-hydrogen) atoms. The number of hydrogen-bond donors (Lipinski definition) is 0. The van der Waals surface area contributed by atoms with E-state index in [4.69, 9.17) is 4.18 Å². The van der Waals surface area contributed by atoms with Crippen LogP contribution in [0.2, 0.25) is 0 Å². The molecule has 0 amide bonds. The Morgan fingerprint density at radius 2 is 0.618 bits per heavy atom. The average molecular weight is 793 g/mol. The predicted molar refractivity (Wildman–Crippen MR) is 245 cm³/mol. The van der Waals surface area contributed by atoms with E-state index < -0.39 is 10.1 Å². The molecule has 4 nitrogen and oxygen atoms in total. The maximum absolute atomic E-state index is 11.9. The van der Waals surface area contributed by atoms with Crippen LogP contribution in [0.1, 0.15) is 253 Å². The number of nitrogens with zero attached hydrogens (tertiary/aromatic N) is 1. The minimum Gasteiger partial charge on any atom is -0.324 e. The molecule has 0 aliphatic rings. The lowest BCUT2D eigenvalue weighted by molar-refractivity contribution is -0.929. The molecule has 0 aliphatic heterocycles. The molecule has 1 aromatic rings. The molecule has 5 heteroatoms. The summed E-state index contributed by atoms with van der Waals surface area (Å²) in [5.74, 6) is 0. The highest BCUT2D eigenvalue weighted by Gasteiger charge is 2.25. The third kappa shape index (κ3) is 34.8. The second-order valence-electron chi connectivity index (χ2n) is 17.1. The van der Waals surface area contributed by atoms with E-state index in [0.717, 1.165) is 12.8 Å². The van der Waals surface area contributed by atoms with Crippen LogP contribution in [0.5, 0.6) is 0 Å². The summed E-state index contributed by atoms with van der Waals surface area (Å²) >= 11 is 0. The van der Waals surface area contributed by atoms with Crippen LogP contribution in [-0.4, -0.2) is 45.7 Å². The molecule has 0 aliphatic carbocycles. The maximum Gasteiger partial charge on any atom is 0.296 e. The zero-order chi connectivity index (χ0) is 40.4. The summed E-state index contributed by atoms with van der Waals surface area (Å²) in [4.78, 5) is 0.238. The molecule has 0 atom stereocenters. The van der Waals surface area contributed by atoms with Gasteiger partial charge in [-0.3, -0.25) is 4.18 Å². The van der Waals surface area contributed by atoms with Gasteiger partial charge in [-0.05, 0) is 69.9 Å². The first-order chi connectivity index (χ1) is 26.9. The molecule has 326 valence electrons. The van der Waals surface area contributed by atoms with Crippen molar-refractivity contribution >= 4 is 10.1 Å². The quantitative estimate of drug-likeness (QED) is 0.0377. The molecule has 0 bridgehead atoms. The SMILES string of the molecule is CCCCCCCCCCCCOS(=O)(=O)c1ccccc1.CCCCCCCC[N+](CCCCCCCC)(CCCCCCCC)CCCCCCCC. The molecule has 0 saturated carbocycles. The van der Waals surface area contributed by atoms with Crippen LogP contribution >= 0.6 is 0 Å². The lowest BCUT2D eigenvalue weighted by Crippen LogP contribution is -2.50. The second kappa shape index (κ2) is 41.3. The number of unbranched alkanes of at least 4 members (excludes halogenated alkanes) is 29. The van der Waals surface area contributed by atoms with Gasteiger partial charge in [-0.25, -0.2) is 0 Å². The molecular weight excluding hydrogens is 695 g/mol. The van der Waals surface area contributed by atoms with E-state index in [2.05, 4.69) is 34.6 Å². The molecule has 0 unspecified atom stereocenters. The predicted octanol–water partition coefficient (Wildman–Crippen LogP) is 16.6. The van der Waals surface area contributed by atoms with Crippen LogP contribution in [0.25, 0.3) is 0 Å². The highest BCUT2D eigenvalue weighted by Crippen LogP contribution is 2.21. The van der Waals surface area contributed by atoms with E-state index in [1.54, 1.807) is 30.3 Å². The summed E-state index contributed by atoms with van der Waals surface area (Å²) in [6.45, 7) is 17.8. The molecule has 0 saturated heterocycles. The Bertz CT molecular complexity index is 913. The van der Waals surface area contributed by atoms with Gasteiger partial charge in [0, 0.05) is 0 Å². The summed E-state index contributed by atoms with van der Waals surface area (Å²) in [6.07, 6.45) is 47.0. The Hall–Kier alpha value is -0.910. The van der Waals surface area contributed by atoms with Gasteiger partial charge < -0.3 is 4.48 Å². The van der Waals surface area contributed by atoms with Crippen molar-refractivity contribution in [2.45, 2.75) is 258 Å². The topological polar surface area (TPSA) is 43.4 Å². The van der Waals surface area contributed by atoms with Gasteiger partial charge in [-0.1, -0.05) is 213 Å². The lowest BCUT2D eigenvalue weighted by atomic mass is 10.0. The fraction of sp³-hybridized carbons (Fsp3) is 0.880. The van der Waals surface area contributed by atoms with E-state index in [1.807, 2.05) is 0 Å². The van der Waals surface area contributed by atoms with Crippen molar-refractivity contribution < 1.29 is 17.1 Å². The summed E-state index contributed by atoms with van der Waals surface area (Å²) < 4.78 is 30.3. The van der Waals surface area contributed by atoms with Crippen molar-refractivity contribution in [2.24, 2.45) is 0 Å². The largest absolute Gasteiger partial charge is 0.324 e. The Morgan fingerprint density at radius 1 is 0.364 bits per heavy atom. The molecule has 0 heterocycles.